The van der Waals surface area contributed by atoms with Gasteiger partial charge in [-0.3, -0.25) is 9.69 Å². The molecule has 1 saturated heterocycles. The van der Waals surface area contributed by atoms with Gasteiger partial charge >= 0.3 is 0 Å². The normalized spacial score (nSPS) is 18.2. The topological polar surface area (TPSA) is 70.1 Å². The van der Waals surface area contributed by atoms with E-state index in [0.717, 1.165) is 42.8 Å². The third-order valence-electron chi connectivity index (χ3n) is 7.33. The van der Waals surface area contributed by atoms with Crippen LogP contribution in [0.4, 0.5) is 0 Å². The first-order chi connectivity index (χ1) is 16.6. The number of furan rings is 2. The van der Waals surface area contributed by atoms with Crippen molar-refractivity contribution in [2.24, 2.45) is 0 Å². The summed E-state index contributed by atoms with van der Waals surface area (Å²) in [5.41, 5.74) is 3.17. The number of rotatable bonds is 4. The van der Waals surface area contributed by atoms with Gasteiger partial charge in [0.15, 0.2) is 5.76 Å². The van der Waals surface area contributed by atoms with Crippen LogP contribution in [0.25, 0.3) is 11.0 Å². The molecule has 0 aliphatic carbocycles. The summed E-state index contributed by atoms with van der Waals surface area (Å²) in [7, 11) is 0. The second-order valence-electron chi connectivity index (χ2n) is 9.50. The fraction of sp³-hybridized carbons (Fsp3) is 0.321. The van der Waals surface area contributed by atoms with Gasteiger partial charge in [-0.15, -0.1) is 0 Å². The van der Waals surface area contributed by atoms with Crippen molar-refractivity contribution in [2.45, 2.75) is 38.0 Å². The molecule has 0 unspecified atom stereocenters. The summed E-state index contributed by atoms with van der Waals surface area (Å²) in [6, 6.07) is 19.8. The molecule has 6 heteroatoms. The molecule has 6 rings (SSSR count). The first-order valence-electron chi connectivity index (χ1n) is 11.9. The van der Waals surface area contributed by atoms with E-state index in [2.05, 4.69) is 17.0 Å². The lowest BCUT2D eigenvalue weighted by Gasteiger charge is -2.38. The molecule has 34 heavy (non-hydrogen) atoms. The number of piperidine rings is 1. The Bertz CT molecular complexity index is 1320. The number of amides is 1. The molecule has 0 atom stereocenters. The van der Waals surface area contributed by atoms with Gasteiger partial charge in [-0.1, -0.05) is 30.3 Å². The Kier molecular flexibility index (Phi) is 5.27. The average molecular weight is 457 g/mol. The molecule has 2 aliphatic rings. The Labute approximate surface area is 198 Å². The maximum Gasteiger partial charge on any atom is 0.289 e. The number of aliphatic hydroxyl groups is 1. The molecule has 1 amide bonds. The maximum absolute atomic E-state index is 13.2. The molecular weight excluding hydrogens is 428 g/mol. The monoisotopic (exact) mass is 456 g/mol. The van der Waals surface area contributed by atoms with Crippen LogP contribution < -0.4 is 0 Å². The summed E-state index contributed by atoms with van der Waals surface area (Å²) >= 11 is 0. The second-order valence-corrected chi connectivity index (χ2v) is 9.50. The zero-order chi connectivity index (χ0) is 23.1. The van der Waals surface area contributed by atoms with Gasteiger partial charge in [-0.2, -0.15) is 0 Å². The Morgan fingerprint density at radius 3 is 2.59 bits per heavy atom. The lowest BCUT2D eigenvalue weighted by atomic mass is 9.84. The third kappa shape index (κ3) is 3.93. The molecule has 2 aliphatic heterocycles. The van der Waals surface area contributed by atoms with Crippen molar-refractivity contribution in [2.75, 3.05) is 19.6 Å². The van der Waals surface area contributed by atoms with E-state index < -0.39 is 5.60 Å². The van der Waals surface area contributed by atoms with E-state index in [0.29, 0.717) is 37.3 Å². The van der Waals surface area contributed by atoms with Gasteiger partial charge in [0.2, 0.25) is 0 Å². The van der Waals surface area contributed by atoms with Crippen LogP contribution in [0.3, 0.4) is 0 Å². The molecule has 174 valence electrons. The van der Waals surface area contributed by atoms with Crippen molar-refractivity contribution in [1.82, 2.24) is 9.80 Å². The van der Waals surface area contributed by atoms with Gasteiger partial charge < -0.3 is 18.8 Å². The largest absolute Gasteiger partial charge is 0.468 e. The van der Waals surface area contributed by atoms with Gasteiger partial charge in [-0.25, -0.2) is 0 Å². The number of hydrogen-bond acceptors (Lipinski definition) is 5. The highest BCUT2D eigenvalue weighted by atomic mass is 16.3. The van der Waals surface area contributed by atoms with E-state index in [4.69, 9.17) is 8.83 Å². The SMILES string of the molecule is O=C(c1cc2cc(C3(O)CCN(Cc4ccco4)CC3)ccc2o1)N1CCc2ccccc2C1. The third-order valence-corrected chi connectivity index (χ3v) is 7.33. The van der Waals surface area contributed by atoms with Crippen LogP contribution in [0.1, 0.15) is 45.8 Å². The van der Waals surface area contributed by atoms with Crippen molar-refractivity contribution < 1.29 is 18.7 Å². The minimum Gasteiger partial charge on any atom is -0.468 e. The highest BCUT2D eigenvalue weighted by Crippen LogP contribution is 2.35. The summed E-state index contributed by atoms with van der Waals surface area (Å²) in [5.74, 6) is 1.21. The predicted molar refractivity (Wildman–Crippen MR) is 128 cm³/mol. The summed E-state index contributed by atoms with van der Waals surface area (Å²) in [4.78, 5) is 17.3. The summed E-state index contributed by atoms with van der Waals surface area (Å²) in [5, 5.41) is 12.3. The van der Waals surface area contributed by atoms with E-state index >= 15 is 0 Å². The van der Waals surface area contributed by atoms with Crippen molar-refractivity contribution in [3.63, 3.8) is 0 Å². The lowest BCUT2D eigenvalue weighted by Crippen LogP contribution is -2.42. The van der Waals surface area contributed by atoms with Crippen LogP contribution >= 0.6 is 0 Å². The smallest absolute Gasteiger partial charge is 0.289 e. The Morgan fingerprint density at radius 1 is 0.971 bits per heavy atom. The Hall–Kier alpha value is -3.35. The van der Waals surface area contributed by atoms with Crippen LogP contribution in [0.15, 0.2) is 75.8 Å². The zero-order valence-corrected chi connectivity index (χ0v) is 19.1. The highest BCUT2D eigenvalue weighted by Gasteiger charge is 2.34. The van der Waals surface area contributed by atoms with Gasteiger partial charge in [-0.05, 0) is 66.3 Å². The molecule has 0 saturated carbocycles. The number of likely N-dealkylation sites (tertiary alicyclic amines) is 1. The molecule has 6 nitrogen and oxygen atoms in total. The quantitative estimate of drug-likeness (QED) is 0.482. The van der Waals surface area contributed by atoms with Crippen molar-refractivity contribution in [1.29, 1.82) is 0 Å². The number of hydrogen-bond donors (Lipinski definition) is 1. The van der Waals surface area contributed by atoms with E-state index in [1.165, 1.54) is 11.1 Å². The molecule has 1 N–H and O–H groups in total. The Morgan fingerprint density at radius 2 is 1.79 bits per heavy atom. The van der Waals surface area contributed by atoms with Crippen molar-refractivity contribution >= 4 is 16.9 Å². The van der Waals surface area contributed by atoms with Crippen LogP contribution in [0.2, 0.25) is 0 Å². The fourth-order valence-electron chi connectivity index (χ4n) is 5.26. The predicted octanol–water partition coefficient (Wildman–Crippen LogP) is 4.71. The van der Waals surface area contributed by atoms with E-state index in [9.17, 15) is 9.90 Å². The number of carbonyl (C=O) groups is 1. The van der Waals surface area contributed by atoms with Gasteiger partial charge in [0.25, 0.3) is 5.91 Å². The van der Waals surface area contributed by atoms with Gasteiger partial charge in [0.1, 0.15) is 11.3 Å². The second kappa shape index (κ2) is 8.46. The molecule has 2 aromatic carbocycles. The molecule has 0 spiro atoms. The molecular formula is C28H28N2O4. The highest BCUT2D eigenvalue weighted by molar-refractivity contribution is 5.96. The number of fused-ring (bicyclic) bond motifs is 2. The minimum atomic E-state index is -0.883. The number of benzene rings is 2. The minimum absolute atomic E-state index is 0.0859. The number of carbonyl (C=O) groups excluding carboxylic acids is 1. The fourth-order valence-corrected chi connectivity index (χ4v) is 5.26. The first-order valence-corrected chi connectivity index (χ1v) is 11.9. The molecule has 0 bridgehead atoms. The standard InChI is InChI=1S/C28H28N2O4/c31-27(30-12-9-20-4-1-2-5-21(20)18-30)26-17-22-16-23(7-8-25(22)34-26)28(32)10-13-29(14-11-28)19-24-6-3-15-33-24/h1-8,15-17,32H,9-14,18-19H2. The molecule has 4 heterocycles. The summed E-state index contributed by atoms with van der Waals surface area (Å²) < 4.78 is 11.4. The van der Waals surface area contributed by atoms with Gasteiger partial charge in [0.05, 0.1) is 18.4 Å². The van der Waals surface area contributed by atoms with E-state index in [1.54, 1.807) is 6.26 Å². The van der Waals surface area contributed by atoms with E-state index in [1.807, 2.05) is 53.4 Å². The summed E-state index contributed by atoms with van der Waals surface area (Å²) in [6.07, 6.45) is 3.85. The average Bonchev–Trinajstić information content (AvgIpc) is 3.54. The molecule has 2 aromatic heterocycles. The molecule has 1 fully saturated rings. The summed E-state index contributed by atoms with van der Waals surface area (Å²) in [6.45, 7) is 3.63. The maximum atomic E-state index is 13.2. The first kappa shape index (κ1) is 21.2. The van der Waals surface area contributed by atoms with Crippen LogP contribution in [0.5, 0.6) is 0 Å². The van der Waals surface area contributed by atoms with Crippen LogP contribution in [-0.4, -0.2) is 40.4 Å². The van der Waals surface area contributed by atoms with Gasteiger partial charge in [0, 0.05) is 31.6 Å². The van der Waals surface area contributed by atoms with E-state index in [-0.39, 0.29) is 5.91 Å². The van der Waals surface area contributed by atoms with Crippen LogP contribution in [-0.2, 0) is 25.1 Å². The Balaban J connectivity index is 1.17. The number of nitrogens with zero attached hydrogens (tertiary/aromatic N) is 2. The molecule has 0 radical (unpaired) electrons. The molecule has 4 aromatic rings. The van der Waals surface area contributed by atoms with Crippen molar-refractivity contribution in [3.8, 4) is 0 Å². The zero-order valence-electron chi connectivity index (χ0n) is 19.1. The van der Waals surface area contributed by atoms with Crippen LogP contribution in [0, 0.1) is 0 Å². The lowest BCUT2D eigenvalue weighted by molar-refractivity contribution is -0.0288. The van der Waals surface area contributed by atoms with Crippen molar-refractivity contribution in [3.05, 3.63) is 95.1 Å².